The van der Waals surface area contributed by atoms with Crippen LogP contribution in [0, 0.1) is 5.92 Å². The minimum absolute atomic E-state index is 0.134. The molecule has 21 heavy (non-hydrogen) atoms. The molecule has 1 aliphatic rings. The molecule has 2 heterocycles. The van der Waals surface area contributed by atoms with Crippen molar-refractivity contribution < 1.29 is 9.53 Å². The zero-order valence-corrected chi connectivity index (χ0v) is 13.0. The Morgan fingerprint density at radius 1 is 1.57 bits per heavy atom. The predicted octanol–water partition coefficient (Wildman–Crippen LogP) is 0.437. The monoisotopic (exact) mass is 294 g/mol. The largest absolute Gasteiger partial charge is 0.383 e. The summed E-state index contributed by atoms with van der Waals surface area (Å²) in [6.45, 7) is 4.73. The quantitative estimate of drug-likeness (QED) is 0.756. The Morgan fingerprint density at radius 2 is 2.43 bits per heavy atom. The van der Waals surface area contributed by atoms with Crippen LogP contribution in [0.3, 0.4) is 0 Å². The van der Waals surface area contributed by atoms with E-state index >= 15 is 0 Å². The fourth-order valence-corrected chi connectivity index (χ4v) is 2.71. The Bertz CT molecular complexity index is 447. The van der Waals surface area contributed by atoms with Crippen molar-refractivity contribution in [2.75, 3.05) is 39.9 Å². The number of rotatable bonds is 8. The summed E-state index contributed by atoms with van der Waals surface area (Å²) < 4.78 is 6.86. The lowest BCUT2D eigenvalue weighted by Gasteiger charge is -2.15. The zero-order chi connectivity index (χ0) is 15.1. The lowest BCUT2D eigenvalue weighted by atomic mass is 10.1. The molecule has 1 unspecified atom stereocenters. The van der Waals surface area contributed by atoms with Gasteiger partial charge in [-0.25, -0.2) is 0 Å². The minimum atomic E-state index is 0.134. The van der Waals surface area contributed by atoms with Crippen molar-refractivity contribution in [3.05, 3.63) is 18.0 Å². The summed E-state index contributed by atoms with van der Waals surface area (Å²) in [5.41, 5.74) is 1.11. The van der Waals surface area contributed by atoms with E-state index in [1.165, 1.54) is 0 Å². The molecule has 1 aromatic rings. The van der Waals surface area contributed by atoms with E-state index < -0.39 is 0 Å². The number of carbonyl (C=O) groups is 1. The summed E-state index contributed by atoms with van der Waals surface area (Å²) in [4.78, 5) is 14.3. The van der Waals surface area contributed by atoms with Gasteiger partial charge >= 0.3 is 0 Å². The van der Waals surface area contributed by atoms with E-state index in [1.54, 1.807) is 11.8 Å². The molecule has 6 nitrogen and oxygen atoms in total. The molecule has 6 heteroatoms. The molecule has 1 N–H and O–H groups in total. The molecule has 2 rings (SSSR count). The van der Waals surface area contributed by atoms with E-state index in [0.717, 1.165) is 51.2 Å². The first kappa shape index (κ1) is 16.0. The molecular weight excluding hydrogens is 268 g/mol. The summed E-state index contributed by atoms with van der Waals surface area (Å²) >= 11 is 0. The highest BCUT2D eigenvalue weighted by Gasteiger charge is 2.22. The van der Waals surface area contributed by atoms with Gasteiger partial charge in [0.1, 0.15) is 0 Å². The van der Waals surface area contributed by atoms with Crippen LogP contribution in [0.5, 0.6) is 0 Å². The standard InChI is InChI=1S/C15H26N4O2/c1-18-11-13(10-17-18)3-4-15(20)16-9-14-5-6-19(12-14)7-8-21-2/h10-11,14H,3-9,12H2,1-2H3,(H,16,20). The molecule has 1 aliphatic heterocycles. The normalized spacial score (nSPS) is 19.0. The number of nitrogens with zero attached hydrogens (tertiary/aromatic N) is 3. The molecule has 0 saturated carbocycles. The molecule has 0 radical (unpaired) electrons. The first-order valence-electron chi connectivity index (χ1n) is 7.63. The van der Waals surface area contributed by atoms with Gasteiger partial charge in [0.05, 0.1) is 12.8 Å². The Kier molecular flexibility index (Phi) is 6.20. The molecule has 0 spiro atoms. The number of ether oxygens (including phenoxy) is 1. The Balaban J connectivity index is 1.59. The highest BCUT2D eigenvalue weighted by atomic mass is 16.5. The third kappa shape index (κ3) is 5.47. The van der Waals surface area contributed by atoms with Crippen molar-refractivity contribution in [2.45, 2.75) is 19.3 Å². The second-order valence-corrected chi connectivity index (χ2v) is 5.77. The Hall–Kier alpha value is -1.40. The molecule has 1 atom stereocenters. The Morgan fingerprint density at radius 3 is 3.14 bits per heavy atom. The van der Waals surface area contributed by atoms with Crippen molar-refractivity contribution in [1.29, 1.82) is 0 Å². The van der Waals surface area contributed by atoms with E-state index in [1.807, 2.05) is 19.4 Å². The molecule has 0 bridgehead atoms. The maximum absolute atomic E-state index is 11.9. The van der Waals surface area contributed by atoms with Crippen molar-refractivity contribution in [3.63, 3.8) is 0 Å². The summed E-state index contributed by atoms with van der Waals surface area (Å²) in [5, 5.41) is 7.16. The van der Waals surface area contributed by atoms with Gasteiger partial charge in [-0.05, 0) is 30.9 Å². The third-order valence-electron chi connectivity index (χ3n) is 3.97. The molecular formula is C15H26N4O2. The number of carbonyl (C=O) groups excluding carboxylic acids is 1. The molecule has 0 aliphatic carbocycles. The number of likely N-dealkylation sites (tertiary alicyclic amines) is 1. The molecule has 1 aromatic heterocycles. The van der Waals surface area contributed by atoms with Crippen LogP contribution < -0.4 is 5.32 Å². The lowest BCUT2D eigenvalue weighted by molar-refractivity contribution is -0.121. The average molecular weight is 294 g/mol. The maximum Gasteiger partial charge on any atom is 0.220 e. The summed E-state index contributed by atoms with van der Waals surface area (Å²) in [7, 11) is 3.62. The van der Waals surface area contributed by atoms with Crippen LogP contribution in [-0.2, 0) is 23.0 Å². The van der Waals surface area contributed by atoms with Crippen molar-refractivity contribution in [2.24, 2.45) is 13.0 Å². The van der Waals surface area contributed by atoms with E-state index in [4.69, 9.17) is 4.74 Å². The van der Waals surface area contributed by atoms with Crippen LogP contribution in [-0.4, -0.2) is 60.5 Å². The number of aromatic nitrogens is 2. The smallest absolute Gasteiger partial charge is 0.220 e. The van der Waals surface area contributed by atoms with Crippen LogP contribution in [0.15, 0.2) is 12.4 Å². The maximum atomic E-state index is 11.9. The van der Waals surface area contributed by atoms with Gasteiger partial charge in [0, 0.05) is 46.4 Å². The number of hydrogen-bond acceptors (Lipinski definition) is 4. The molecule has 1 saturated heterocycles. The molecule has 1 amide bonds. The number of amides is 1. The van der Waals surface area contributed by atoms with E-state index in [0.29, 0.717) is 12.3 Å². The number of hydrogen-bond donors (Lipinski definition) is 1. The van der Waals surface area contributed by atoms with Crippen molar-refractivity contribution in [1.82, 2.24) is 20.0 Å². The first-order chi connectivity index (χ1) is 10.2. The fraction of sp³-hybridized carbons (Fsp3) is 0.733. The number of methoxy groups -OCH3 is 1. The van der Waals surface area contributed by atoms with Crippen LogP contribution in [0.2, 0.25) is 0 Å². The second-order valence-electron chi connectivity index (χ2n) is 5.77. The molecule has 118 valence electrons. The van der Waals surface area contributed by atoms with Gasteiger partial charge < -0.3 is 15.0 Å². The minimum Gasteiger partial charge on any atom is -0.383 e. The lowest BCUT2D eigenvalue weighted by Crippen LogP contribution is -2.31. The average Bonchev–Trinajstić information content (AvgIpc) is 3.09. The van der Waals surface area contributed by atoms with Gasteiger partial charge in [0.25, 0.3) is 0 Å². The van der Waals surface area contributed by atoms with Gasteiger partial charge in [0.15, 0.2) is 0 Å². The van der Waals surface area contributed by atoms with Gasteiger partial charge in [-0.15, -0.1) is 0 Å². The van der Waals surface area contributed by atoms with Gasteiger partial charge in [-0.3, -0.25) is 9.48 Å². The highest BCUT2D eigenvalue weighted by Crippen LogP contribution is 2.14. The van der Waals surface area contributed by atoms with Crippen molar-refractivity contribution >= 4 is 5.91 Å². The van der Waals surface area contributed by atoms with Crippen LogP contribution in [0.4, 0.5) is 0 Å². The number of aryl methyl sites for hydroxylation is 2. The summed E-state index contributed by atoms with van der Waals surface area (Å²) in [6, 6.07) is 0. The fourth-order valence-electron chi connectivity index (χ4n) is 2.71. The van der Waals surface area contributed by atoms with Gasteiger partial charge in [0.2, 0.25) is 5.91 Å². The van der Waals surface area contributed by atoms with Gasteiger partial charge in [-0.1, -0.05) is 0 Å². The van der Waals surface area contributed by atoms with E-state index in [2.05, 4.69) is 15.3 Å². The SMILES string of the molecule is COCCN1CCC(CNC(=O)CCc2cnn(C)c2)C1. The molecule has 1 fully saturated rings. The van der Waals surface area contributed by atoms with Gasteiger partial charge in [-0.2, -0.15) is 5.10 Å². The van der Waals surface area contributed by atoms with Crippen LogP contribution in [0.1, 0.15) is 18.4 Å². The zero-order valence-electron chi connectivity index (χ0n) is 13.0. The van der Waals surface area contributed by atoms with E-state index in [9.17, 15) is 4.79 Å². The van der Waals surface area contributed by atoms with Crippen molar-refractivity contribution in [3.8, 4) is 0 Å². The predicted molar refractivity (Wildman–Crippen MR) is 81.0 cm³/mol. The van der Waals surface area contributed by atoms with E-state index in [-0.39, 0.29) is 5.91 Å². The third-order valence-corrected chi connectivity index (χ3v) is 3.97. The first-order valence-corrected chi connectivity index (χ1v) is 7.63. The second kappa shape index (κ2) is 8.14. The van der Waals surface area contributed by atoms with Crippen LogP contribution >= 0.6 is 0 Å². The summed E-state index contributed by atoms with van der Waals surface area (Å²) in [6.07, 6.45) is 6.22. The number of nitrogens with one attached hydrogen (secondary N) is 1. The summed E-state index contributed by atoms with van der Waals surface area (Å²) in [5.74, 6) is 0.707. The highest BCUT2D eigenvalue weighted by molar-refractivity contribution is 5.76. The topological polar surface area (TPSA) is 59.4 Å². The van der Waals surface area contributed by atoms with Crippen LogP contribution in [0.25, 0.3) is 0 Å². The molecule has 0 aromatic carbocycles. The Labute approximate surface area is 126 Å².